The Labute approximate surface area is 147 Å². The van der Waals surface area contributed by atoms with Crippen LogP contribution in [0.25, 0.3) is 11.5 Å². The number of nitrogens with two attached hydrogens (primary N) is 1. The van der Waals surface area contributed by atoms with E-state index in [-0.39, 0.29) is 0 Å². The number of anilines is 2. The summed E-state index contributed by atoms with van der Waals surface area (Å²) < 4.78 is 5.40. The van der Waals surface area contributed by atoms with Gasteiger partial charge in [0.1, 0.15) is 5.82 Å². The van der Waals surface area contributed by atoms with Gasteiger partial charge in [-0.05, 0) is 37.2 Å². The van der Waals surface area contributed by atoms with Crippen molar-refractivity contribution in [2.45, 2.75) is 18.9 Å². The Morgan fingerprint density at radius 3 is 2.52 bits per heavy atom. The van der Waals surface area contributed by atoms with Crippen LogP contribution in [0.1, 0.15) is 12.8 Å². The van der Waals surface area contributed by atoms with E-state index in [0.717, 1.165) is 31.5 Å². The van der Waals surface area contributed by atoms with Gasteiger partial charge in [0.2, 0.25) is 0 Å². The van der Waals surface area contributed by atoms with Crippen molar-refractivity contribution in [3.63, 3.8) is 0 Å². The zero-order valence-electron chi connectivity index (χ0n) is 14.6. The first-order valence-electron chi connectivity index (χ1n) is 8.92. The lowest BCUT2D eigenvalue weighted by Gasteiger charge is -2.41. The van der Waals surface area contributed by atoms with E-state index in [0.29, 0.717) is 23.7 Å². The lowest BCUT2D eigenvalue weighted by atomic mass is 10.0. The summed E-state index contributed by atoms with van der Waals surface area (Å²) in [5.41, 5.74) is 6.41. The van der Waals surface area contributed by atoms with E-state index in [1.807, 2.05) is 6.07 Å². The first-order chi connectivity index (χ1) is 12.2. The quantitative estimate of drug-likeness (QED) is 0.881. The number of nitrogen functional groups attached to an aromatic ring is 1. The first-order valence-corrected chi connectivity index (χ1v) is 8.92. The molecule has 0 amide bonds. The Bertz CT molecular complexity index is 685. The Balaban J connectivity index is 1.36. The SMILES string of the molecule is CN1CCN(C2CCN(c3noc(-c4ccc(N)nc4)n3)CC2)CC1. The number of piperazine rings is 1. The van der Waals surface area contributed by atoms with Crippen molar-refractivity contribution >= 4 is 11.8 Å². The average molecular weight is 343 g/mol. The Hall–Kier alpha value is -2.19. The second-order valence-corrected chi connectivity index (χ2v) is 6.93. The van der Waals surface area contributed by atoms with Crippen molar-refractivity contribution in [3.05, 3.63) is 18.3 Å². The number of likely N-dealkylation sites (N-methyl/N-ethyl adjacent to an activating group) is 1. The highest BCUT2D eigenvalue weighted by molar-refractivity contribution is 5.54. The van der Waals surface area contributed by atoms with Crippen LogP contribution in [0.15, 0.2) is 22.9 Å². The second kappa shape index (κ2) is 6.97. The van der Waals surface area contributed by atoms with Gasteiger partial charge < -0.3 is 20.1 Å². The molecule has 4 heterocycles. The van der Waals surface area contributed by atoms with Crippen molar-refractivity contribution in [3.8, 4) is 11.5 Å². The predicted molar refractivity (Wildman–Crippen MR) is 96.2 cm³/mol. The minimum Gasteiger partial charge on any atom is -0.384 e. The van der Waals surface area contributed by atoms with Crippen LogP contribution in [0.4, 0.5) is 11.8 Å². The van der Waals surface area contributed by atoms with Gasteiger partial charge in [0, 0.05) is 51.5 Å². The highest BCUT2D eigenvalue weighted by Gasteiger charge is 2.28. The van der Waals surface area contributed by atoms with E-state index in [2.05, 4.69) is 36.9 Å². The molecule has 4 rings (SSSR count). The Kier molecular flexibility index (Phi) is 4.54. The van der Waals surface area contributed by atoms with Crippen LogP contribution in [-0.2, 0) is 0 Å². The number of piperidine rings is 1. The lowest BCUT2D eigenvalue weighted by molar-refractivity contribution is 0.0980. The fourth-order valence-corrected chi connectivity index (χ4v) is 3.61. The molecule has 2 aliphatic heterocycles. The monoisotopic (exact) mass is 343 g/mol. The van der Waals surface area contributed by atoms with E-state index in [1.165, 1.54) is 26.2 Å². The zero-order chi connectivity index (χ0) is 17.2. The molecule has 0 atom stereocenters. The molecule has 134 valence electrons. The minimum absolute atomic E-state index is 0.481. The van der Waals surface area contributed by atoms with E-state index >= 15 is 0 Å². The van der Waals surface area contributed by atoms with Gasteiger partial charge in [-0.3, -0.25) is 4.90 Å². The fraction of sp³-hybridized carbons (Fsp3) is 0.588. The Morgan fingerprint density at radius 2 is 1.84 bits per heavy atom. The third-order valence-corrected chi connectivity index (χ3v) is 5.25. The average Bonchev–Trinajstić information content (AvgIpc) is 3.13. The van der Waals surface area contributed by atoms with Gasteiger partial charge in [-0.1, -0.05) is 0 Å². The third kappa shape index (κ3) is 3.59. The second-order valence-electron chi connectivity index (χ2n) is 6.93. The summed E-state index contributed by atoms with van der Waals surface area (Å²) in [4.78, 5) is 15.9. The molecular formula is C17H25N7O. The highest BCUT2D eigenvalue weighted by atomic mass is 16.5. The van der Waals surface area contributed by atoms with Crippen LogP contribution in [-0.4, -0.2) is 77.3 Å². The first kappa shape index (κ1) is 16.3. The van der Waals surface area contributed by atoms with Gasteiger partial charge in [-0.25, -0.2) is 4.98 Å². The predicted octanol–water partition coefficient (Wildman–Crippen LogP) is 0.930. The minimum atomic E-state index is 0.481. The summed E-state index contributed by atoms with van der Waals surface area (Å²) in [5.74, 6) is 1.64. The molecule has 2 aromatic rings. The molecular weight excluding hydrogens is 318 g/mol. The van der Waals surface area contributed by atoms with Crippen molar-refractivity contribution in [2.75, 3.05) is 56.9 Å². The summed E-state index contributed by atoms with van der Waals surface area (Å²) in [6.45, 7) is 6.63. The van der Waals surface area contributed by atoms with Gasteiger partial charge in [0.15, 0.2) is 0 Å². The van der Waals surface area contributed by atoms with Gasteiger partial charge in [0.05, 0.1) is 5.56 Å². The standard InChI is InChI=1S/C17H25N7O/c1-22-8-10-23(11-9-22)14-4-6-24(7-5-14)17-20-16(25-21-17)13-2-3-15(18)19-12-13/h2-3,12,14H,4-11H2,1H3,(H2,18,19). The topological polar surface area (TPSA) is 87.5 Å². The molecule has 0 aromatic carbocycles. The largest absolute Gasteiger partial charge is 0.384 e. The summed E-state index contributed by atoms with van der Waals surface area (Å²) in [6.07, 6.45) is 3.96. The number of aromatic nitrogens is 3. The number of nitrogens with zero attached hydrogens (tertiary/aromatic N) is 6. The van der Waals surface area contributed by atoms with E-state index in [1.54, 1.807) is 12.3 Å². The van der Waals surface area contributed by atoms with Crippen LogP contribution in [0, 0.1) is 0 Å². The number of hydrogen-bond donors (Lipinski definition) is 1. The van der Waals surface area contributed by atoms with Gasteiger partial charge in [-0.2, -0.15) is 4.98 Å². The normalized spacial score (nSPS) is 20.9. The molecule has 0 radical (unpaired) electrons. The molecule has 2 aliphatic rings. The number of rotatable bonds is 3. The lowest BCUT2D eigenvalue weighted by Crippen LogP contribution is -2.52. The third-order valence-electron chi connectivity index (χ3n) is 5.25. The maximum Gasteiger partial charge on any atom is 0.266 e. The zero-order valence-corrected chi connectivity index (χ0v) is 14.6. The molecule has 0 aliphatic carbocycles. The van der Waals surface area contributed by atoms with Crippen LogP contribution >= 0.6 is 0 Å². The smallest absolute Gasteiger partial charge is 0.266 e. The molecule has 0 spiro atoms. The van der Waals surface area contributed by atoms with E-state index in [9.17, 15) is 0 Å². The van der Waals surface area contributed by atoms with Crippen LogP contribution < -0.4 is 10.6 Å². The molecule has 8 nitrogen and oxygen atoms in total. The fourth-order valence-electron chi connectivity index (χ4n) is 3.61. The van der Waals surface area contributed by atoms with Crippen LogP contribution in [0.3, 0.4) is 0 Å². The van der Waals surface area contributed by atoms with Crippen LogP contribution in [0.2, 0.25) is 0 Å². The maximum atomic E-state index is 5.62. The van der Waals surface area contributed by atoms with Gasteiger partial charge in [0.25, 0.3) is 11.8 Å². The summed E-state index contributed by atoms with van der Waals surface area (Å²) >= 11 is 0. The van der Waals surface area contributed by atoms with E-state index in [4.69, 9.17) is 10.3 Å². The Morgan fingerprint density at radius 1 is 1.08 bits per heavy atom. The van der Waals surface area contributed by atoms with Crippen molar-refractivity contribution in [1.82, 2.24) is 24.9 Å². The molecule has 2 saturated heterocycles. The van der Waals surface area contributed by atoms with E-state index < -0.39 is 0 Å². The highest BCUT2D eigenvalue weighted by Crippen LogP contribution is 2.24. The maximum absolute atomic E-state index is 5.62. The molecule has 0 bridgehead atoms. The summed E-state index contributed by atoms with van der Waals surface area (Å²) in [5, 5.41) is 4.15. The van der Waals surface area contributed by atoms with Gasteiger partial charge in [-0.15, -0.1) is 0 Å². The molecule has 2 aromatic heterocycles. The molecule has 25 heavy (non-hydrogen) atoms. The molecule has 2 fully saturated rings. The van der Waals surface area contributed by atoms with Crippen molar-refractivity contribution in [2.24, 2.45) is 0 Å². The van der Waals surface area contributed by atoms with Gasteiger partial charge >= 0.3 is 0 Å². The van der Waals surface area contributed by atoms with Crippen molar-refractivity contribution in [1.29, 1.82) is 0 Å². The molecule has 2 N–H and O–H groups in total. The number of pyridine rings is 1. The van der Waals surface area contributed by atoms with Crippen molar-refractivity contribution < 1.29 is 4.52 Å². The molecule has 0 saturated carbocycles. The summed E-state index contributed by atoms with van der Waals surface area (Å²) in [7, 11) is 2.20. The van der Waals surface area contributed by atoms with Crippen LogP contribution in [0.5, 0.6) is 0 Å². The molecule has 0 unspecified atom stereocenters. The summed E-state index contributed by atoms with van der Waals surface area (Å²) in [6, 6.07) is 4.26. The molecule has 8 heteroatoms. The number of hydrogen-bond acceptors (Lipinski definition) is 8.